The predicted octanol–water partition coefficient (Wildman–Crippen LogP) is 11.1. The zero-order valence-electron chi connectivity index (χ0n) is 52.7. The van der Waals surface area contributed by atoms with Crippen molar-refractivity contribution in [1.82, 2.24) is 25.8 Å². The molecule has 0 unspecified atom stereocenters. The van der Waals surface area contributed by atoms with E-state index < -0.39 is 127 Å². The third-order valence-corrected chi connectivity index (χ3v) is 16.8. The second-order valence-corrected chi connectivity index (χ2v) is 25.0. The maximum Gasteiger partial charge on any atom is 0.410 e. The normalized spacial score (nSPS) is 21.3. The summed E-state index contributed by atoms with van der Waals surface area (Å²) in [4.78, 5) is 110. The average Bonchev–Trinajstić information content (AvgIpc) is 0.791. The number of hydrogen-bond donors (Lipinski definition) is 5. The summed E-state index contributed by atoms with van der Waals surface area (Å²) < 4.78 is 42.3. The first-order chi connectivity index (χ1) is 43.1. The van der Waals surface area contributed by atoms with Gasteiger partial charge in [-0.25, -0.2) is 16.2 Å². The molecule has 10 rings (SSSR count). The van der Waals surface area contributed by atoms with Gasteiger partial charge in [0.05, 0.1) is 62.6 Å². The number of methoxy groups -OCH3 is 4. The van der Waals surface area contributed by atoms with Gasteiger partial charge >= 0.3 is 12.2 Å². The Hall–Kier alpha value is -8.62. The quantitative estimate of drug-likeness (QED) is 0.0813. The lowest BCUT2D eigenvalue weighted by Crippen LogP contribution is -2.55. The minimum atomic E-state index is -1.87. The third kappa shape index (κ3) is 15.1. The molecule has 0 aliphatic carbocycles. The van der Waals surface area contributed by atoms with Crippen LogP contribution in [0.1, 0.15) is 131 Å². The lowest BCUT2D eigenvalue weighted by Gasteiger charge is -2.36. The summed E-state index contributed by atoms with van der Waals surface area (Å²) in [6, 6.07) is 12.8. The number of ether oxygens (including phenoxy) is 7. The van der Waals surface area contributed by atoms with E-state index in [-0.39, 0.29) is 73.4 Å². The number of fused-ring (bicyclic) bond motifs is 15. The van der Waals surface area contributed by atoms with Crippen LogP contribution >= 0.6 is 23.2 Å². The number of nitrogens with zero attached hydrogens (tertiary/aromatic N) is 3. The summed E-state index contributed by atoms with van der Waals surface area (Å²) in [6.45, 7) is 19.1. The Morgan fingerprint density at radius 2 is 1.40 bits per heavy atom. The van der Waals surface area contributed by atoms with Crippen LogP contribution in [0, 0.1) is 31.2 Å². The first-order valence-corrected chi connectivity index (χ1v) is 30.4. The van der Waals surface area contributed by atoms with Crippen molar-refractivity contribution in [2.45, 2.75) is 122 Å². The molecule has 0 fully saturated rings. The number of benzene rings is 5. The predicted molar refractivity (Wildman–Crippen MR) is 336 cm³/mol. The smallest absolute Gasteiger partial charge is 0.410 e. The highest BCUT2D eigenvalue weighted by Crippen LogP contribution is 2.49. The van der Waals surface area contributed by atoms with Crippen LogP contribution in [0.2, 0.25) is 10.0 Å². The molecule has 91 heavy (non-hydrogen) atoms. The number of amides is 5. The number of carbonyl (C=O) groups is 7. The Bertz CT molecular complexity index is 3680. The average molecular weight is 1290 g/mol. The van der Waals surface area contributed by atoms with Crippen molar-refractivity contribution in [1.29, 1.82) is 0 Å². The van der Waals surface area contributed by atoms with E-state index in [0.717, 1.165) is 22.5 Å². The van der Waals surface area contributed by atoms with E-state index in [1.54, 1.807) is 45.0 Å². The standard InChI is InChI=1S/C67H76Cl2N6O16/c1-14-45-40-22-34(4)23-53(86-11)56(40)41-24-35(15-18-50(41)85-10)58-49(77)30-42(63(81)71-45)59(78)36-16-19-51(43(68)25-36)89-54-28-38-29-55(61(54)87-12)90-52-20-17-37(26-44(52)69)60(79)57(73-64(82)47(21-33(2)3)74(9)65(83)91-67(5,6)7)48(76)27-39(31-70-8)62(80)72-46(38)32-75(58)66(84)88-13/h15-20,22-26,28-29,33,39,42,45-47,57-60,78-79H,14,21,27,30-32H2,1-7,9-13H3,(H,71,81)(H,72,80)(H,73,82)/t39-,42-,45+,46-,47+,57-,58-,59+,60+/m0/s1. The van der Waals surface area contributed by atoms with E-state index in [0.29, 0.717) is 34.6 Å². The fourth-order valence-corrected chi connectivity index (χ4v) is 12.1. The van der Waals surface area contributed by atoms with Crippen molar-refractivity contribution in [3.63, 3.8) is 0 Å². The van der Waals surface area contributed by atoms with Crippen molar-refractivity contribution >= 4 is 64.7 Å². The molecule has 5 amide bonds. The zero-order valence-corrected chi connectivity index (χ0v) is 54.2. The first kappa shape index (κ1) is 68.3. The summed E-state index contributed by atoms with van der Waals surface area (Å²) >= 11 is 14.1. The molecule has 0 saturated heterocycles. The largest absolute Gasteiger partial charge is 0.496 e. The van der Waals surface area contributed by atoms with Crippen LogP contribution in [0.15, 0.2) is 78.9 Å². The van der Waals surface area contributed by atoms with Crippen LogP contribution in [0.5, 0.6) is 40.2 Å². The summed E-state index contributed by atoms with van der Waals surface area (Å²) in [7, 11) is 6.73. The van der Waals surface area contributed by atoms with Gasteiger partial charge in [-0.1, -0.05) is 68.2 Å². The van der Waals surface area contributed by atoms with Crippen LogP contribution in [0.3, 0.4) is 0 Å². The molecule has 5 aromatic carbocycles. The minimum Gasteiger partial charge on any atom is -0.496 e. The molecule has 9 atom stereocenters. The van der Waals surface area contributed by atoms with Gasteiger partial charge in [0.15, 0.2) is 23.1 Å². The van der Waals surface area contributed by atoms with Crippen molar-refractivity contribution < 1.29 is 76.9 Å². The molecule has 5 heterocycles. The molecule has 484 valence electrons. The van der Waals surface area contributed by atoms with Gasteiger partial charge in [-0.3, -0.25) is 33.8 Å². The molecular weight excluding hydrogens is 1220 g/mol. The minimum absolute atomic E-state index is 0.00717. The maximum atomic E-state index is 15.9. The number of aliphatic hydroxyl groups excluding tert-OH is 2. The van der Waals surface area contributed by atoms with E-state index in [2.05, 4.69) is 20.8 Å². The van der Waals surface area contributed by atoms with Crippen molar-refractivity contribution in [3.8, 4) is 51.4 Å². The lowest BCUT2D eigenvalue weighted by molar-refractivity contribution is -0.136. The van der Waals surface area contributed by atoms with Crippen LogP contribution in [0.25, 0.3) is 16.0 Å². The number of halogens is 2. The number of likely N-dealkylation sites (N-methyl/N-ethyl adjacent to an activating group) is 1. The van der Waals surface area contributed by atoms with Crippen molar-refractivity contribution in [2.75, 3.05) is 48.6 Å². The van der Waals surface area contributed by atoms with E-state index in [1.165, 1.54) is 76.9 Å². The monoisotopic (exact) mass is 1290 g/mol. The number of rotatable bonds is 10. The second-order valence-electron chi connectivity index (χ2n) is 24.2. The van der Waals surface area contributed by atoms with Crippen LogP contribution < -0.4 is 39.6 Å². The SMILES string of the molecule is [C-]#[N+]C[C@@H]1CC(=O)[C@H](NC(=O)[C@@H](CC(C)C)N(C)C(=O)OC(C)(C)C)[C@H](O)c2ccc(c(Cl)c2)Oc2cc3cc(c2OC)Oc2ccc(cc2Cl)[C@@H](O)[C@@H]2CC(=O)[C@H](c4ccc(OC)c(c4)-c4c(OC)cc(C)cc4[C@@H](CC)NC2=O)N(C(=O)OC)C[C@@H]3NC1=O. The first-order valence-electron chi connectivity index (χ1n) is 29.6. The van der Waals surface area contributed by atoms with E-state index in [1.807, 2.05) is 33.8 Å². The fraction of sp³-hybridized carbons (Fsp3) is 0.433. The summed E-state index contributed by atoms with van der Waals surface area (Å²) in [5.41, 5.74) is 1.70. The summed E-state index contributed by atoms with van der Waals surface area (Å²) in [5.74, 6) is -7.18. The molecule has 24 heteroatoms. The van der Waals surface area contributed by atoms with Gasteiger partial charge in [0.25, 0.3) is 0 Å². The topological polar surface area (TPSA) is 271 Å². The molecular formula is C67H76Cl2N6O16. The van der Waals surface area contributed by atoms with Gasteiger partial charge in [-0.15, -0.1) is 0 Å². The molecule has 0 radical (unpaired) electrons. The molecule has 5 aliphatic rings. The third-order valence-electron chi connectivity index (χ3n) is 16.2. The van der Waals surface area contributed by atoms with E-state index >= 15 is 24.0 Å². The van der Waals surface area contributed by atoms with Crippen LogP contribution in [0.4, 0.5) is 9.59 Å². The number of Topliss-reactive ketones (excluding diaryl/α,β-unsaturated/α-hetero) is 2. The fourth-order valence-electron chi connectivity index (χ4n) is 11.6. The molecule has 0 aromatic heterocycles. The van der Waals surface area contributed by atoms with Crippen molar-refractivity contribution in [3.05, 3.63) is 134 Å². The molecule has 5 aliphatic heterocycles. The number of aliphatic hydroxyl groups is 2. The number of aryl methyl sites for hydroxylation is 1. The van der Waals surface area contributed by atoms with Gasteiger partial charge in [0.1, 0.15) is 58.7 Å². The van der Waals surface area contributed by atoms with Gasteiger partial charge in [0, 0.05) is 37.6 Å². The maximum absolute atomic E-state index is 15.9. The van der Waals surface area contributed by atoms with Gasteiger partial charge < -0.3 is 64.2 Å². The van der Waals surface area contributed by atoms with Crippen LogP contribution in [-0.2, 0) is 33.4 Å². The number of hydrogen-bond acceptors (Lipinski definition) is 16. The van der Waals surface area contributed by atoms with Gasteiger partial charge in [-0.05, 0) is 134 Å². The Kier molecular flexibility index (Phi) is 21.5. The lowest BCUT2D eigenvalue weighted by atomic mass is 9.83. The molecule has 0 saturated carbocycles. The molecule has 11 bridgehead atoms. The molecule has 5 N–H and O–H groups in total. The van der Waals surface area contributed by atoms with Crippen molar-refractivity contribution in [2.24, 2.45) is 17.8 Å². The highest BCUT2D eigenvalue weighted by atomic mass is 35.5. The summed E-state index contributed by atoms with van der Waals surface area (Å²) in [5, 5.41) is 33.4. The van der Waals surface area contributed by atoms with Gasteiger partial charge in [-0.2, -0.15) is 0 Å². The highest BCUT2D eigenvalue weighted by molar-refractivity contribution is 6.32. The number of carbonyl (C=O) groups excluding carboxylic acids is 7. The Labute approximate surface area is 538 Å². The number of nitrogens with one attached hydrogen (secondary N) is 3. The molecule has 0 spiro atoms. The summed E-state index contributed by atoms with van der Waals surface area (Å²) in [6.07, 6.45) is -6.62. The Morgan fingerprint density at radius 1 is 0.780 bits per heavy atom. The van der Waals surface area contributed by atoms with Gasteiger partial charge in [0.2, 0.25) is 30.0 Å². The van der Waals surface area contributed by atoms with E-state index in [9.17, 15) is 19.8 Å². The molecule has 5 aromatic rings. The zero-order chi connectivity index (χ0) is 66.5. The molecule has 22 nitrogen and oxygen atoms in total. The highest BCUT2D eigenvalue weighted by Gasteiger charge is 2.44. The Morgan fingerprint density at radius 3 is 1.95 bits per heavy atom. The van der Waals surface area contributed by atoms with E-state index in [4.69, 9.17) is 62.9 Å². The second kappa shape index (κ2) is 28.7. The number of ketones is 2. The van der Waals surface area contributed by atoms with Crippen LogP contribution in [-0.4, -0.2) is 128 Å². The Balaban J connectivity index is 1.38.